The summed E-state index contributed by atoms with van der Waals surface area (Å²) in [6.07, 6.45) is 0.904. The Kier molecular flexibility index (Phi) is 5.03. The van der Waals surface area contributed by atoms with E-state index in [2.05, 4.69) is 16.7 Å². The van der Waals surface area contributed by atoms with E-state index in [-0.39, 0.29) is 24.4 Å². The molecule has 0 saturated heterocycles. The average molecular weight is 337 g/mol. The molecule has 0 saturated carbocycles. The number of amides is 2. The number of carbonyl (C=O) groups is 2. The lowest BCUT2D eigenvalue weighted by Gasteiger charge is -2.18. The van der Waals surface area contributed by atoms with E-state index in [1.54, 1.807) is 12.1 Å². The van der Waals surface area contributed by atoms with E-state index in [0.29, 0.717) is 5.56 Å². The first kappa shape index (κ1) is 17.0. The van der Waals surface area contributed by atoms with Gasteiger partial charge in [0.2, 0.25) is 5.91 Å². The minimum Gasteiger partial charge on any atom is -0.376 e. The number of anilines is 2. The van der Waals surface area contributed by atoms with Crippen LogP contribution in [0.5, 0.6) is 0 Å². The van der Waals surface area contributed by atoms with Crippen molar-refractivity contribution in [2.45, 2.75) is 26.3 Å². The van der Waals surface area contributed by atoms with Crippen LogP contribution >= 0.6 is 0 Å². The number of benzene rings is 2. The molecule has 5 nitrogen and oxygen atoms in total. The fourth-order valence-electron chi connectivity index (χ4n) is 2.96. The maximum Gasteiger partial charge on any atom is 0.251 e. The highest BCUT2D eigenvalue weighted by Gasteiger charge is 2.23. The zero-order valence-electron chi connectivity index (χ0n) is 14.6. The van der Waals surface area contributed by atoms with Crippen molar-refractivity contribution < 1.29 is 9.59 Å². The predicted octanol–water partition coefficient (Wildman–Crippen LogP) is 2.83. The standard InChI is InChI=1S/C20H23N3O2/c1-14(2)22-20(25)16-7-9-17(10-8-16)21-13-19(24)23-12-11-15-5-3-4-6-18(15)23/h3-10,14,21H,11-13H2,1-2H3,(H,22,25). The molecule has 5 heteroatoms. The van der Waals surface area contributed by atoms with Crippen molar-refractivity contribution in [2.75, 3.05) is 23.3 Å². The van der Waals surface area contributed by atoms with Crippen LogP contribution < -0.4 is 15.5 Å². The summed E-state index contributed by atoms with van der Waals surface area (Å²) in [6.45, 7) is 4.81. The van der Waals surface area contributed by atoms with Crippen molar-refractivity contribution >= 4 is 23.2 Å². The number of carbonyl (C=O) groups excluding carboxylic acids is 2. The van der Waals surface area contributed by atoms with Gasteiger partial charge in [-0.3, -0.25) is 9.59 Å². The van der Waals surface area contributed by atoms with Gasteiger partial charge in [-0.05, 0) is 56.2 Å². The lowest BCUT2D eigenvalue weighted by molar-refractivity contribution is -0.116. The molecule has 1 aliphatic rings. The van der Waals surface area contributed by atoms with E-state index in [1.807, 2.05) is 49.1 Å². The Balaban J connectivity index is 1.57. The van der Waals surface area contributed by atoms with Crippen molar-refractivity contribution in [3.05, 3.63) is 59.7 Å². The molecule has 0 bridgehead atoms. The third-order valence-electron chi connectivity index (χ3n) is 4.20. The number of nitrogens with one attached hydrogen (secondary N) is 2. The second kappa shape index (κ2) is 7.38. The van der Waals surface area contributed by atoms with E-state index < -0.39 is 0 Å². The second-order valence-electron chi connectivity index (χ2n) is 6.48. The molecular weight excluding hydrogens is 314 g/mol. The molecule has 0 aliphatic carbocycles. The Morgan fingerprint density at radius 1 is 1.08 bits per heavy atom. The zero-order chi connectivity index (χ0) is 17.8. The molecule has 25 heavy (non-hydrogen) atoms. The van der Waals surface area contributed by atoms with E-state index in [9.17, 15) is 9.59 Å². The van der Waals surface area contributed by atoms with E-state index in [0.717, 1.165) is 24.3 Å². The predicted molar refractivity (Wildman–Crippen MR) is 100 cm³/mol. The van der Waals surface area contributed by atoms with Crippen LogP contribution in [0.1, 0.15) is 29.8 Å². The molecule has 0 atom stereocenters. The van der Waals surface area contributed by atoms with Gasteiger partial charge in [0, 0.05) is 29.5 Å². The van der Waals surface area contributed by atoms with Crippen molar-refractivity contribution in [2.24, 2.45) is 0 Å². The molecule has 130 valence electrons. The van der Waals surface area contributed by atoms with Gasteiger partial charge in [-0.2, -0.15) is 0 Å². The maximum absolute atomic E-state index is 12.5. The fourth-order valence-corrected chi connectivity index (χ4v) is 2.96. The van der Waals surface area contributed by atoms with Crippen LogP contribution in [0, 0.1) is 0 Å². The van der Waals surface area contributed by atoms with Gasteiger partial charge in [0.25, 0.3) is 5.91 Å². The molecule has 2 N–H and O–H groups in total. The number of hydrogen-bond acceptors (Lipinski definition) is 3. The van der Waals surface area contributed by atoms with Crippen LogP contribution in [0.25, 0.3) is 0 Å². The Labute approximate surface area is 148 Å². The average Bonchev–Trinajstić information content (AvgIpc) is 3.03. The summed E-state index contributed by atoms with van der Waals surface area (Å²) < 4.78 is 0. The smallest absolute Gasteiger partial charge is 0.251 e. The Hall–Kier alpha value is -2.82. The van der Waals surface area contributed by atoms with Gasteiger partial charge in [0.15, 0.2) is 0 Å². The second-order valence-corrected chi connectivity index (χ2v) is 6.48. The van der Waals surface area contributed by atoms with Crippen molar-refractivity contribution in [1.29, 1.82) is 0 Å². The first-order chi connectivity index (χ1) is 12.0. The van der Waals surface area contributed by atoms with E-state index in [4.69, 9.17) is 0 Å². The lowest BCUT2D eigenvalue weighted by Crippen LogP contribution is -2.34. The first-order valence-corrected chi connectivity index (χ1v) is 8.57. The normalized spacial score (nSPS) is 12.8. The monoisotopic (exact) mass is 337 g/mol. The van der Waals surface area contributed by atoms with Crippen LogP contribution in [-0.2, 0) is 11.2 Å². The van der Waals surface area contributed by atoms with Crippen molar-refractivity contribution in [3.8, 4) is 0 Å². The van der Waals surface area contributed by atoms with Gasteiger partial charge >= 0.3 is 0 Å². The first-order valence-electron chi connectivity index (χ1n) is 8.57. The highest BCUT2D eigenvalue weighted by atomic mass is 16.2. The molecule has 2 aromatic rings. The molecule has 3 rings (SSSR count). The lowest BCUT2D eigenvalue weighted by atomic mass is 10.2. The summed E-state index contributed by atoms with van der Waals surface area (Å²) in [6, 6.07) is 15.3. The molecular formula is C20H23N3O2. The summed E-state index contributed by atoms with van der Waals surface area (Å²) in [5.41, 5.74) is 3.66. The highest BCUT2D eigenvalue weighted by Crippen LogP contribution is 2.27. The molecule has 1 heterocycles. The molecule has 0 radical (unpaired) electrons. The van der Waals surface area contributed by atoms with E-state index in [1.165, 1.54) is 5.56 Å². The fraction of sp³-hybridized carbons (Fsp3) is 0.300. The maximum atomic E-state index is 12.5. The molecule has 1 aliphatic heterocycles. The number of para-hydroxylation sites is 1. The Bertz CT molecular complexity index is 769. The zero-order valence-corrected chi connectivity index (χ0v) is 14.6. The van der Waals surface area contributed by atoms with Crippen LogP contribution in [0.2, 0.25) is 0 Å². The third-order valence-corrected chi connectivity index (χ3v) is 4.20. The van der Waals surface area contributed by atoms with Gasteiger partial charge < -0.3 is 15.5 Å². The molecule has 0 spiro atoms. The summed E-state index contributed by atoms with van der Waals surface area (Å²) in [5, 5.41) is 5.99. The molecule has 0 fully saturated rings. The number of rotatable bonds is 5. The van der Waals surface area contributed by atoms with Gasteiger partial charge in [-0.15, -0.1) is 0 Å². The quantitative estimate of drug-likeness (QED) is 0.882. The van der Waals surface area contributed by atoms with Crippen LogP contribution in [0.15, 0.2) is 48.5 Å². The summed E-state index contributed by atoms with van der Waals surface area (Å²) in [5.74, 6) is -0.0436. The summed E-state index contributed by atoms with van der Waals surface area (Å²) >= 11 is 0. The van der Waals surface area contributed by atoms with Crippen molar-refractivity contribution in [1.82, 2.24) is 5.32 Å². The SMILES string of the molecule is CC(C)NC(=O)c1ccc(NCC(=O)N2CCc3ccccc32)cc1. The highest BCUT2D eigenvalue weighted by molar-refractivity contribution is 5.98. The van der Waals surface area contributed by atoms with Gasteiger partial charge in [0.05, 0.1) is 6.54 Å². The summed E-state index contributed by atoms with van der Waals surface area (Å²) in [4.78, 5) is 26.2. The Morgan fingerprint density at radius 3 is 2.52 bits per heavy atom. The minimum absolute atomic E-state index is 0.0478. The number of fused-ring (bicyclic) bond motifs is 1. The molecule has 2 aromatic carbocycles. The number of nitrogens with zero attached hydrogens (tertiary/aromatic N) is 1. The molecule has 2 amide bonds. The Morgan fingerprint density at radius 2 is 1.80 bits per heavy atom. The van der Waals surface area contributed by atoms with Gasteiger partial charge in [-0.1, -0.05) is 18.2 Å². The van der Waals surface area contributed by atoms with Crippen LogP contribution in [0.4, 0.5) is 11.4 Å². The van der Waals surface area contributed by atoms with Crippen molar-refractivity contribution in [3.63, 3.8) is 0 Å². The van der Waals surface area contributed by atoms with Gasteiger partial charge in [-0.25, -0.2) is 0 Å². The largest absolute Gasteiger partial charge is 0.376 e. The van der Waals surface area contributed by atoms with Crippen LogP contribution in [0.3, 0.4) is 0 Å². The topological polar surface area (TPSA) is 61.4 Å². The van der Waals surface area contributed by atoms with Gasteiger partial charge in [0.1, 0.15) is 0 Å². The molecule has 0 unspecified atom stereocenters. The minimum atomic E-state index is -0.0914. The summed E-state index contributed by atoms with van der Waals surface area (Å²) in [7, 11) is 0. The number of hydrogen-bond donors (Lipinski definition) is 2. The molecule has 0 aromatic heterocycles. The third kappa shape index (κ3) is 3.99. The van der Waals surface area contributed by atoms with E-state index >= 15 is 0 Å². The van der Waals surface area contributed by atoms with Crippen LogP contribution in [-0.4, -0.2) is 30.9 Å².